The molecule has 3 rings (SSSR count). The molecule has 0 spiro atoms. The number of halogens is 4. The number of sulfone groups is 1. The highest BCUT2D eigenvalue weighted by Crippen LogP contribution is 2.32. The van der Waals surface area contributed by atoms with E-state index in [-0.39, 0.29) is 17.9 Å². The van der Waals surface area contributed by atoms with Gasteiger partial charge in [-0.25, -0.2) is 17.8 Å². The zero-order valence-electron chi connectivity index (χ0n) is 19.1. The minimum atomic E-state index is -4.59. The Kier molecular flexibility index (Phi) is 7.54. The Morgan fingerprint density at radius 1 is 1.21 bits per heavy atom. The average molecular weight is 502 g/mol. The number of aromatic nitrogens is 1. The Morgan fingerprint density at radius 3 is 2.41 bits per heavy atom. The summed E-state index contributed by atoms with van der Waals surface area (Å²) in [6.45, 7) is 4.70. The third-order valence-corrected chi connectivity index (χ3v) is 7.16. The maximum atomic E-state index is 14.2. The van der Waals surface area contributed by atoms with E-state index in [9.17, 15) is 30.8 Å². The molecule has 1 aromatic carbocycles. The summed E-state index contributed by atoms with van der Waals surface area (Å²) in [4.78, 5) is 17.9. The van der Waals surface area contributed by atoms with E-state index in [1.165, 1.54) is 19.1 Å². The maximum absolute atomic E-state index is 14.2. The van der Waals surface area contributed by atoms with E-state index < -0.39 is 44.2 Å². The molecule has 186 valence electrons. The number of piperidine rings is 1. The van der Waals surface area contributed by atoms with Crippen molar-refractivity contribution in [2.24, 2.45) is 5.92 Å². The first kappa shape index (κ1) is 25.9. The first-order valence-electron chi connectivity index (χ1n) is 10.9. The summed E-state index contributed by atoms with van der Waals surface area (Å²) in [7, 11) is -3.74. The lowest BCUT2D eigenvalue weighted by atomic mass is 9.98. The van der Waals surface area contributed by atoms with E-state index in [1.807, 2.05) is 0 Å². The maximum Gasteiger partial charge on any atom is 0.433 e. The van der Waals surface area contributed by atoms with Crippen LogP contribution in [0.4, 0.5) is 23.4 Å². The van der Waals surface area contributed by atoms with Crippen molar-refractivity contribution >= 4 is 21.6 Å². The number of pyridine rings is 1. The quantitative estimate of drug-likeness (QED) is 0.598. The smallest absolute Gasteiger partial charge is 0.356 e. The van der Waals surface area contributed by atoms with Crippen molar-refractivity contribution in [1.29, 1.82) is 0 Å². The Balaban J connectivity index is 1.78. The van der Waals surface area contributed by atoms with Gasteiger partial charge >= 0.3 is 6.18 Å². The van der Waals surface area contributed by atoms with Crippen LogP contribution in [-0.2, 0) is 27.4 Å². The number of carbonyl (C=O) groups excluding carboxylic acids is 1. The van der Waals surface area contributed by atoms with Gasteiger partial charge in [0, 0.05) is 31.5 Å². The molecule has 6 nitrogen and oxygen atoms in total. The minimum absolute atomic E-state index is 0.0560. The second kappa shape index (κ2) is 9.89. The molecule has 1 aliphatic rings. The summed E-state index contributed by atoms with van der Waals surface area (Å²) >= 11 is 0. The highest BCUT2D eigenvalue weighted by atomic mass is 32.2. The molecular weight excluding hydrogens is 474 g/mol. The fourth-order valence-electron chi connectivity index (χ4n) is 3.84. The standard InChI is InChI=1S/C23H27F4N3O3S/c1-14-8-10-30(11-9-14)21-17(5-7-20(29-21)23(25,26)27)13-28-22(31)15(2)16-4-6-19(18(24)12-16)34(3,32)33/h4-7,12,14-15H,8-11,13H2,1-3H3,(H,28,31). The van der Waals surface area contributed by atoms with Gasteiger partial charge in [0.15, 0.2) is 9.84 Å². The zero-order chi connectivity index (χ0) is 25.3. The Bertz CT molecular complexity index is 1160. The molecule has 1 atom stereocenters. The van der Waals surface area contributed by atoms with E-state index in [0.717, 1.165) is 37.3 Å². The van der Waals surface area contributed by atoms with Crippen LogP contribution in [0.3, 0.4) is 0 Å². The number of rotatable bonds is 6. The van der Waals surface area contributed by atoms with Crippen LogP contribution >= 0.6 is 0 Å². The predicted molar refractivity (Wildman–Crippen MR) is 120 cm³/mol. The number of hydrogen-bond acceptors (Lipinski definition) is 5. The second-order valence-electron chi connectivity index (χ2n) is 8.75. The number of carbonyl (C=O) groups is 1. The first-order chi connectivity index (χ1) is 15.8. The Labute approximate surface area is 196 Å². The molecule has 1 aromatic heterocycles. The number of amides is 1. The van der Waals surface area contributed by atoms with Crippen LogP contribution in [0.5, 0.6) is 0 Å². The van der Waals surface area contributed by atoms with Gasteiger partial charge in [-0.1, -0.05) is 19.1 Å². The third kappa shape index (κ3) is 6.05. The lowest BCUT2D eigenvalue weighted by molar-refractivity contribution is -0.141. The number of anilines is 1. The van der Waals surface area contributed by atoms with E-state index in [0.29, 0.717) is 24.6 Å². The highest BCUT2D eigenvalue weighted by molar-refractivity contribution is 7.90. The molecule has 1 aliphatic heterocycles. The average Bonchev–Trinajstić information content (AvgIpc) is 2.75. The number of nitrogens with zero attached hydrogens (tertiary/aromatic N) is 2. The van der Waals surface area contributed by atoms with E-state index in [4.69, 9.17) is 0 Å². The third-order valence-electron chi connectivity index (χ3n) is 6.03. The summed E-state index contributed by atoms with van der Waals surface area (Å²) in [5.41, 5.74) is -0.272. The van der Waals surface area contributed by atoms with Crippen molar-refractivity contribution in [3.8, 4) is 0 Å². The fraction of sp³-hybridized carbons (Fsp3) is 0.478. The van der Waals surface area contributed by atoms with E-state index in [2.05, 4.69) is 17.2 Å². The SMILES string of the molecule is CC1CCN(c2nc(C(F)(F)F)ccc2CNC(=O)C(C)c2ccc(S(C)(=O)=O)c(F)c2)CC1. The van der Waals surface area contributed by atoms with Crippen LogP contribution < -0.4 is 10.2 Å². The van der Waals surface area contributed by atoms with Crippen molar-refractivity contribution in [2.75, 3.05) is 24.2 Å². The predicted octanol–water partition coefficient (Wildman–Crippen LogP) is 4.30. The molecule has 11 heteroatoms. The number of benzene rings is 1. The van der Waals surface area contributed by atoms with Gasteiger partial charge in [0.05, 0.1) is 5.92 Å². The monoisotopic (exact) mass is 501 g/mol. The molecule has 2 heterocycles. The van der Waals surface area contributed by atoms with Gasteiger partial charge in [-0.3, -0.25) is 4.79 Å². The van der Waals surface area contributed by atoms with Gasteiger partial charge in [0.2, 0.25) is 5.91 Å². The summed E-state index contributed by atoms with van der Waals surface area (Å²) in [5, 5.41) is 2.68. The zero-order valence-corrected chi connectivity index (χ0v) is 19.9. The Morgan fingerprint density at radius 2 is 1.85 bits per heavy atom. The van der Waals surface area contributed by atoms with Gasteiger partial charge in [0.25, 0.3) is 0 Å². The molecule has 2 aromatic rings. The number of nitrogens with one attached hydrogen (secondary N) is 1. The van der Waals surface area contributed by atoms with Crippen LogP contribution in [0.15, 0.2) is 35.2 Å². The lowest BCUT2D eigenvalue weighted by Gasteiger charge is -2.33. The van der Waals surface area contributed by atoms with Crippen molar-refractivity contribution in [3.05, 3.63) is 53.0 Å². The van der Waals surface area contributed by atoms with Gasteiger partial charge in [-0.15, -0.1) is 0 Å². The van der Waals surface area contributed by atoms with Crippen LogP contribution in [0.25, 0.3) is 0 Å². The molecule has 0 saturated carbocycles. The molecule has 1 N–H and O–H groups in total. The Hall–Kier alpha value is -2.69. The van der Waals surface area contributed by atoms with E-state index >= 15 is 0 Å². The van der Waals surface area contributed by atoms with Crippen molar-refractivity contribution < 1.29 is 30.8 Å². The number of hydrogen-bond donors (Lipinski definition) is 1. The molecule has 1 fully saturated rings. The first-order valence-corrected chi connectivity index (χ1v) is 12.8. The molecule has 0 bridgehead atoms. The summed E-state index contributed by atoms with van der Waals surface area (Å²) in [6, 6.07) is 5.68. The molecular formula is C23H27F4N3O3S. The van der Waals surface area contributed by atoms with Crippen LogP contribution in [0.1, 0.15) is 49.4 Å². The topological polar surface area (TPSA) is 79.4 Å². The van der Waals surface area contributed by atoms with Gasteiger partial charge < -0.3 is 10.2 Å². The fourth-order valence-corrected chi connectivity index (χ4v) is 4.57. The molecule has 0 aliphatic carbocycles. The van der Waals surface area contributed by atoms with Gasteiger partial charge in [0.1, 0.15) is 22.2 Å². The van der Waals surface area contributed by atoms with Crippen molar-refractivity contribution in [1.82, 2.24) is 10.3 Å². The summed E-state index contributed by atoms with van der Waals surface area (Å²) in [5.74, 6) is -1.58. The van der Waals surface area contributed by atoms with Crippen LogP contribution in [-0.4, -0.2) is 38.7 Å². The molecule has 1 unspecified atom stereocenters. The lowest BCUT2D eigenvalue weighted by Crippen LogP contribution is -2.35. The molecule has 1 amide bonds. The normalized spacial score (nSPS) is 16.4. The number of alkyl halides is 3. The van der Waals surface area contributed by atoms with Gasteiger partial charge in [-0.05, 0) is 49.4 Å². The summed E-state index contributed by atoms with van der Waals surface area (Å²) < 4.78 is 77.2. The second-order valence-corrected chi connectivity index (χ2v) is 10.7. The summed E-state index contributed by atoms with van der Waals surface area (Å²) in [6.07, 6.45) is -2.04. The molecule has 1 saturated heterocycles. The highest BCUT2D eigenvalue weighted by Gasteiger charge is 2.34. The van der Waals surface area contributed by atoms with E-state index in [1.54, 1.807) is 4.90 Å². The van der Waals surface area contributed by atoms with Crippen LogP contribution in [0, 0.1) is 11.7 Å². The molecule has 34 heavy (non-hydrogen) atoms. The molecule has 0 radical (unpaired) electrons. The largest absolute Gasteiger partial charge is 0.433 e. The van der Waals surface area contributed by atoms with Crippen LogP contribution in [0.2, 0.25) is 0 Å². The van der Waals surface area contributed by atoms with Crippen molar-refractivity contribution in [2.45, 2.75) is 50.2 Å². The van der Waals surface area contributed by atoms with Crippen molar-refractivity contribution in [3.63, 3.8) is 0 Å². The van der Waals surface area contributed by atoms with Gasteiger partial charge in [-0.2, -0.15) is 13.2 Å². The minimum Gasteiger partial charge on any atom is -0.356 e.